The third-order valence-electron chi connectivity index (χ3n) is 3.13. The van der Waals surface area contributed by atoms with E-state index in [4.69, 9.17) is 4.74 Å². The molecule has 0 amide bonds. The lowest BCUT2D eigenvalue weighted by Gasteiger charge is -2.24. The van der Waals surface area contributed by atoms with E-state index in [9.17, 15) is 14.4 Å². The van der Waals surface area contributed by atoms with E-state index in [1.165, 1.54) is 37.5 Å². The summed E-state index contributed by atoms with van der Waals surface area (Å²) in [4.78, 5) is 37.7. The highest BCUT2D eigenvalue weighted by molar-refractivity contribution is 6.08. The summed E-state index contributed by atoms with van der Waals surface area (Å²) in [5, 5.41) is 0. The third kappa shape index (κ3) is 3.63. The fourth-order valence-corrected chi connectivity index (χ4v) is 1.88. The summed E-state index contributed by atoms with van der Waals surface area (Å²) in [5.41, 5.74) is -0.154. The van der Waals surface area contributed by atoms with E-state index in [1.54, 1.807) is 27.8 Å². The van der Waals surface area contributed by atoms with Gasteiger partial charge >= 0.3 is 11.9 Å². The van der Waals surface area contributed by atoms with Gasteiger partial charge in [0, 0.05) is 18.7 Å². The number of rotatable bonds is 3. The Bertz CT molecular complexity index is 590. The molecule has 22 heavy (non-hydrogen) atoms. The number of ether oxygens (including phenoxy) is 2. The van der Waals surface area contributed by atoms with Crippen molar-refractivity contribution in [2.75, 3.05) is 21.3 Å². The minimum atomic E-state index is -0.679. The second-order valence-electron chi connectivity index (χ2n) is 5.85. The van der Waals surface area contributed by atoms with Crippen molar-refractivity contribution in [3.63, 3.8) is 0 Å². The molecule has 0 aromatic rings. The van der Waals surface area contributed by atoms with Crippen molar-refractivity contribution < 1.29 is 23.9 Å². The number of nitrogens with zero attached hydrogens (tertiary/aromatic N) is 1. The van der Waals surface area contributed by atoms with Gasteiger partial charge < -0.3 is 14.4 Å². The maximum Gasteiger partial charge on any atom is 0.340 e. The van der Waals surface area contributed by atoms with Gasteiger partial charge in [-0.3, -0.25) is 4.79 Å². The van der Waals surface area contributed by atoms with Gasteiger partial charge in [0.05, 0.1) is 31.1 Å². The van der Waals surface area contributed by atoms with Crippen molar-refractivity contribution in [1.82, 2.24) is 4.90 Å². The fourth-order valence-electron chi connectivity index (χ4n) is 1.88. The molecule has 0 saturated heterocycles. The number of esters is 2. The van der Waals surface area contributed by atoms with Crippen molar-refractivity contribution in [2.45, 2.75) is 20.8 Å². The first-order chi connectivity index (χ1) is 10.1. The summed E-state index contributed by atoms with van der Waals surface area (Å²) in [6.07, 6.45) is 4.31. The largest absolute Gasteiger partial charge is 0.465 e. The molecule has 0 saturated carbocycles. The van der Waals surface area contributed by atoms with Gasteiger partial charge in [-0.25, -0.2) is 9.59 Å². The van der Waals surface area contributed by atoms with E-state index in [1.807, 2.05) is 0 Å². The highest BCUT2D eigenvalue weighted by Crippen LogP contribution is 2.26. The van der Waals surface area contributed by atoms with Crippen LogP contribution in [-0.4, -0.2) is 43.9 Å². The molecule has 6 nitrogen and oxygen atoms in total. The first-order valence-corrected chi connectivity index (χ1v) is 6.72. The molecular formula is C16H21NO5. The lowest BCUT2D eigenvalue weighted by Crippen LogP contribution is -2.29. The van der Waals surface area contributed by atoms with Crippen LogP contribution in [0.3, 0.4) is 0 Å². The Labute approximate surface area is 130 Å². The number of likely N-dealkylation sites (N-methyl/N-ethyl adjacent to an activating group) is 1. The van der Waals surface area contributed by atoms with Crippen LogP contribution in [0.2, 0.25) is 0 Å². The predicted octanol–water partition coefficient (Wildman–Crippen LogP) is 1.59. The van der Waals surface area contributed by atoms with E-state index in [0.29, 0.717) is 5.70 Å². The number of hydrogen-bond donors (Lipinski definition) is 0. The number of Topliss-reactive ketones (excluding diaryl/α,β-unsaturated/α-hetero) is 1. The molecule has 1 aliphatic heterocycles. The lowest BCUT2D eigenvalue weighted by molar-refractivity contribution is -0.139. The van der Waals surface area contributed by atoms with E-state index < -0.39 is 17.4 Å². The molecule has 1 aliphatic rings. The van der Waals surface area contributed by atoms with E-state index in [2.05, 4.69) is 4.74 Å². The molecule has 0 atom stereocenters. The van der Waals surface area contributed by atoms with Crippen LogP contribution in [0.25, 0.3) is 0 Å². The Morgan fingerprint density at radius 2 is 1.45 bits per heavy atom. The molecule has 0 spiro atoms. The Morgan fingerprint density at radius 3 is 1.91 bits per heavy atom. The molecule has 1 rings (SSSR count). The summed E-state index contributed by atoms with van der Waals surface area (Å²) in [6, 6.07) is 0. The van der Waals surface area contributed by atoms with Gasteiger partial charge in [-0.1, -0.05) is 20.8 Å². The van der Waals surface area contributed by atoms with Crippen LogP contribution in [0.1, 0.15) is 20.8 Å². The van der Waals surface area contributed by atoms with Crippen molar-refractivity contribution in [3.8, 4) is 0 Å². The first-order valence-electron chi connectivity index (χ1n) is 6.72. The lowest BCUT2D eigenvalue weighted by atomic mass is 9.88. The second kappa shape index (κ2) is 6.60. The number of allylic oxidation sites excluding steroid dienone is 3. The van der Waals surface area contributed by atoms with Gasteiger partial charge in [0.1, 0.15) is 0 Å². The Kier molecular flexibility index (Phi) is 5.30. The highest BCUT2D eigenvalue weighted by atomic mass is 16.5. The third-order valence-corrected chi connectivity index (χ3v) is 3.13. The Hall–Kier alpha value is -2.37. The van der Waals surface area contributed by atoms with Crippen LogP contribution in [0, 0.1) is 5.41 Å². The molecule has 0 aliphatic carbocycles. The summed E-state index contributed by atoms with van der Waals surface area (Å²) in [6.45, 7) is 5.39. The Morgan fingerprint density at radius 1 is 0.955 bits per heavy atom. The van der Waals surface area contributed by atoms with Gasteiger partial charge in [0.25, 0.3) is 0 Å². The quantitative estimate of drug-likeness (QED) is 0.737. The molecule has 0 bridgehead atoms. The average molecular weight is 307 g/mol. The maximum atomic E-state index is 12.5. The van der Waals surface area contributed by atoms with Crippen molar-refractivity contribution in [3.05, 3.63) is 35.2 Å². The SMILES string of the molecule is COC(=O)C1=CC=C(C(=O)C(C)(C)C)N(C)C=C1C(=O)OC. The molecular weight excluding hydrogens is 286 g/mol. The van der Waals surface area contributed by atoms with Crippen LogP contribution in [0.5, 0.6) is 0 Å². The monoisotopic (exact) mass is 307 g/mol. The van der Waals surface area contributed by atoms with Crippen LogP contribution in [-0.2, 0) is 23.9 Å². The predicted molar refractivity (Wildman–Crippen MR) is 80.5 cm³/mol. The molecule has 0 N–H and O–H groups in total. The van der Waals surface area contributed by atoms with E-state index in [0.717, 1.165) is 0 Å². The van der Waals surface area contributed by atoms with Gasteiger partial charge in [0.2, 0.25) is 0 Å². The zero-order valence-electron chi connectivity index (χ0n) is 13.7. The van der Waals surface area contributed by atoms with Crippen molar-refractivity contribution in [1.29, 1.82) is 0 Å². The van der Waals surface area contributed by atoms with Crippen LogP contribution in [0.15, 0.2) is 35.2 Å². The van der Waals surface area contributed by atoms with E-state index in [-0.39, 0.29) is 16.9 Å². The average Bonchev–Trinajstić information content (AvgIpc) is 2.63. The normalized spacial score (nSPS) is 15.2. The summed E-state index contributed by atoms with van der Waals surface area (Å²) < 4.78 is 9.37. The Balaban J connectivity index is 3.41. The molecule has 6 heteroatoms. The smallest absolute Gasteiger partial charge is 0.340 e. The summed E-state index contributed by atoms with van der Waals surface area (Å²) in [7, 11) is 4.07. The molecule has 0 aromatic carbocycles. The van der Waals surface area contributed by atoms with Crippen LogP contribution >= 0.6 is 0 Å². The molecule has 120 valence electrons. The maximum absolute atomic E-state index is 12.5. The van der Waals surface area contributed by atoms with Crippen LogP contribution in [0.4, 0.5) is 0 Å². The van der Waals surface area contributed by atoms with Crippen molar-refractivity contribution >= 4 is 17.7 Å². The molecule has 0 aromatic heterocycles. The van der Waals surface area contributed by atoms with Gasteiger partial charge in [-0.15, -0.1) is 0 Å². The van der Waals surface area contributed by atoms with E-state index >= 15 is 0 Å². The first kappa shape index (κ1) is 17.7. The number of ketones is 1. The van der Waals surface area contributed by atoms with Gasteiger partial charge in [0.15, 0.2) is 5.78 Å². The summed E-state index contributed by atoms with van der Waals surface area (Å²) in [5.74, 6) is -1.47. The minimum absolute atomic E-state index is 0.0322. The molecule has 0 unspecified atom stereocenters. The highest BCUT2D eigenvalue weighted by Gasteiger charge is 2.30. The fraction of sp³-hybridized carbons (Fsp3) is 0.438. The summed E-state index contributed by atoms with van der Waals surface area (Å²) >= 11 is 0. The minimum Gasteiger partial charge on any atom is -0.465 e. The number of hydrogen-bond acceptors (Lipinski definition) is 6. The molecule has 0 radical (unpaired) electrons. The zero-order valence-corrected chi connectivity index (χ0v) is 13.7. The van der Waals surface area contributed by atoms with Gasteiger partial charge in [-0.2, -0.15) is 0 Å². The van der Waals surface area contributed by atoms with Gasteiger partial charge in [-0.05, 0) is 12.2 Å². The second-order valence-corrected chi connectivity index (χ2v) is 5.85. The standard InChI is InChI=1S/C16H21NO5/c1-16(2,3)13(18)12-8-7-10(14(19)21-5)11(9-17(12)4)15(20)22-6/h7-9H,1-6H3. The zero-order chi connectivity index (χ0) is 17.1. The van der Waals surface area contributed by atoms with Crippen LogP contribution < -0.4 is 0 Å². The number of carbonyl (C=O) groups is 3. The number of carbonyl (C=O) groups excluding carboxylic acids is 3. The van der Waals surface area contributed by atoms with Crippen molar-refractivity contribution in [2.24, 2.45) is 5.41 Å². The molecule has 0 fully saturated rings. The number of methoxy groups -OCH3 is 2. The molecule has 1 heterocycles. The topological polar surface area (TPSA) is 72.9 Å².